The van der Waals surface area contributed by atoms with Gasteiger partial charge in [-0.2, -0.15) is 0 Å². The van der Waals surface area contributed by atoms with Gasteiger partial charge >= 0.3 is 0 Å². The first kappa shape index (κ1) is 13.6. The minimum Gasteiger partial charge on any atom is -0.346 e. The molecule has 0 aliphatic heterocycles. The number of carbonyl (C=O) groups excluding carboxylic acids is 1. The summed E-state index contributed by atoms with van der Waals surface area (Å²) < 4.78 is 10.6. The first-order valence-electron chi connectivity index (χ1n) is 5.46. The fourth-order valence-corrected chi connectivity index (χ4v) is 0.952. The number of unbranched alkanes of at least 4 members (excludes halogenated alkanes) is 2. The Morgan fingerprint density at radius 1 is 1.07 bits per heavy atom. The molecule has 0 aromatic carbocycles. The van der Waals surface area contributed by atoms with E-state index in [0.29, 0.717) is 13.2 Å². The van der Waals surface area contributed by atoms with Crippen LogP contribution in [0.3, 0.4) is 0 Å². The molecule has 3 nitrogen and oxygen atoms in total. The Morgan fingerprint density at radius 2 is 1.50 bits per heavy atom. The fraction of sp³-hybridized carbons (Fsp3) is 0.909. The second-order valence-electron chi connectivity index (χ2n) is 3.39. The molecule has 84 valence electrons. The fourth-order valence-electron chi connectivity index (χ4n) is 0.952. The average Bonchev–Trinajstić information content (AvgIpc) is 2.15. The van der Waals surface area contributed by atoms with Gasteiger partial charge in [0.15, 0.2) is 5.78 Å². The normalized spacial score (nSPS) is 10.9. The topological polar surface area (TPSA) is 35.5 Å². The van der Waals surface area contributed by atoms with E-state index < -0.39 is 6.29 Å². The molecule has 14 heavy (non-hydrogen) atoms. The molecule has 0 aliphatic rings. The van der Waals surface area contributed by atoms with Crippen molar-refractivity contribution in [3.05, 3.63) is 0 Å². The van der Waals surface area contributed by atoms with Gasteiger partial charge in [0.05, 0.1) is 13.2 Å². The van der Waals surface area contributed by atoms with Crippen LogP contribution in [0.4, 0.5) is 0 Å². The highest BCUT2D eigenvalue weighted by Gasteiger charge is 2.13. The smallest absolute Gasteiger partial charge is 0.217 e. The van der Waals surface area contributed by atoms with E-state index in [0.717, 1.165) is 25.7 Å². The molecule has 0 saturated carbocycles. The lowest BCUT2D eigenvalue weighted by atomic mass is 10.3. The number of rotatable bonds is 9. The number of carbonyl (C=O) groups is 1. The van der Waals surface area contributed by atoms with E-state index in [1.165, 1.54) is 6.92 Å². The van der Waals surface area contributed by atoms with E-state index in [1.54, 1.807) is 0 Å². The maximum Gasteiger partial charge on any atom is 0.217 e. The Morgan fingerprint density at radius 3 is 1.79 bits per heavy atom. The SMILES string of the molecule is CCCCOC(OCCCC)C(C)=O. The summed E-state index contributed by atoms with van der Waals surface area (Å²) in [6, 6.07) is 0. The van der Waals surface area contributed by atoms with Crippen LogP contribution in [-0.4, -0.2) is 25.3 Å². The van der Waals surface area contributed by atoms with Crippen molar-refractivity contribution in [1.82, 2.24) is 0 Å². The van der Waals surface area contributed by atoms with E-state index in [1.807, 2.05) is 0 Å². The zero-order chi connectivity index (χ0) is 10.8. The molecule has 0 fully saturated rings. The summed E-state index contributed by atoms with van der Waals surface area (Å²) in [5.74, 6) is -0.0443. The van der Waals surface area contributed by atoms with Crippen molar-refractivity contribution in [3.63, 3.8) is 0 Å². The molecule has 0 aromatic heterocycles. The van der Waals surface area contributed by atoms with Gasteiger partial charge in [-0.05, 0) is 19.8 Å². The van der Waals surface area contributed by atoms with Crippen molar-refractivity contribution in [2.24, 2.45) is 0 Å². The molecule has 3 heteroatoms. The van der Waals surface area contributed by atoms with Crippen LogP contribution < -0.4 is 0 Å². The third-order valence-electron chi connectivity index (χ3n) is 1.87. The molecule has 0 aliphatic carbocycles. The van der Waals surface area contributed by atoms with Crippen molar-refractivity contribution >= 4 is 5.78 Å². The summed E-state index contributed by atoms with van der Waals surface area (Å²) in [6.07, 6.45) is 3.44. The van der Waals surface area contributed by atoms with Gasteiger partial charge in [0.25, 0.3) is 0 Å². The lowest BCUT2D eigenvalue weighted by Crippen LogP contribution is -2.26. The van der Waals surface area contributed by atoms with E-state index in [-0.39, 0.29) is 5.78 Å². The second-order valence-corrected chi connectivity index (χ2v) is 3.39. The highest BCUT2D eigenvalue weighted by atomic mass is 16.7. The largest absolute Gasteiger partial charge is 0.346 e. The quantitative estimate of drug-likeness (QED) is 0.426. The van der Waals surface area contributed by atoms with Crippen molar-refractivity contribution in [2.75, 3.05) is 13.2 Å². The molecule has 0 saturated heterocycles. The van der Waals surface area contributed by atoms with Gasteiger partial charge in [0, 0.05) is 0 Å². The van der Waals surface area contributed by atoms with Crippen molar-refractivity contribution in [2.45, 2.75) is 52.7 Å². The Bertz CT molecular complexity index is 135. The molecule has 0 radical (unpaired) electrons. The van der Waals surface area contributed by atoms with Gasteiger partial charge in [-0.3, -0.25) is 4.79 Å². The molecular formula is C11H22O3. The van der Waals surface area contributed by atoms with E-state index in [2.05, 4.69) is 13.8 Å². The summed E-state index contributed by atoms with van der Waals surface area (Å²) in [5, 5.41) is 0. The maximum atomic E-state index is 11.1. The van der Waals surface area contributed by atoms with Gasteiger partial charge in [-0.1, -0.05) is 26.7 Å². The molecule has 0 amide bonds. The Balaban J connectivity index is 3.61. The number of hydrogen-bond donors (Lipinski definition) is 0. The molecule has 0 atom stereocenters. The number of ketones is 1. The number of ether oxygens (including phenoxy) is 2. The molecule has 0 N–H and O–H groups in total. The lowest BCUT2D eigenvalue weighted by molar-refractivity contribution is -0.168. The van der Waals surface area contributed by atoms with E-state index in [9.17, 15) is 4.79 Å². The summed E-state index contributed by atoms with van der Waals surface area (Å²) in [4.78, 5) is 11.1. The Hall–Kier alpha value is -0.410. The van der Waals surface area contributed by atoms with Gasteiger partial charge in [0.1, 0.15) is 0 Å². The summed E-state index contributed by atoms with van der Waals surface area (Å²) in [7, 11) is 0. The van der Waals surface area contributed by atoms with Crippen LogP contribution in [0.1, 0.15) is 46.5 Å². The predicted octanol–water partition coefficient (Wildman–Crippen LogP) is 2.53. The summed E-state index contributed by atoms with van der Waals surface area (Å²) in [5.41, 5.74) is 0. The number of hydrogen-bond acceptors (Lipinski definition) is 3. The van der Waals surface area contributed by atoms with Crippen molar-refractivity contribution in [3.8, 4) is 0 Å². The lowest BCUT2D eigenvalue weighted by Gasteiger charge is -2.15. The van der Waals surface area contributed by atoms with Crippen LogP contribution in [0.15, 0.2) is 0 Å². The monoisotopic (exact) mass is 202 g/mol. The van der Waals surface area contributed by atoms with E-state index >= 15 is 0 Å². The van der Waals surface area contributed by atoms with Crippen LogP contribution >= 0.6 is 0 Å². The summed E-state index contributed by atoms with van der Waals surface area (Å²) >= 11 is 0. The Labute approximate surface area is 86.8 Å². The van der Waals surface area contributed by atoms with Crippen LogP contribution in [0, 0.1) is 0 Å². The molecule has 0 bridgehead atoms. The molecular weight excluding hydrogens is 180 g/mol. The molecule has 0 aromatic rings. The van der Waals surface area contributed by atoms with Gasteiger partial charge < -0.3 is 9.47 Å². The third-order valence-corrected chi connectivity index (χ3v) is 1.87. The van der Waals surface area contributed by atoms with Gasteiger partial charge in [-0.25, -0.2) is 0 Å². The number of Topliss-reactive ketones (excluding diaryl/α,β-unsaturated/α-hetero) is 1. The zero-order valence-corrected chi connectivity index (χ0v) is 9.54. The first-order chi connectivity index (χ1) is 6.72. The average molecular weight is 202 g/mol. The molecule has 0 unspecified atom stereocenters. The van der Waals surface area contributed by atoms with Crippen LogP contribution in [0.2, 0.25) is 0 Å². The van der Waals surface area contributed by atoms with Crippen molar-refractivity contribution < 1.29 is 14.3 Å². The predicted molar refractivity (Wildman–Crippen MR) is 56.2 cm³/mol. The Kier molecular flexibility index (Phi) is 8.89. The van der Waals surface area contributed by atoms with Gasteiger partial charge in [-0.15, -0.1) is 0 Å². The molecule has 0 heterocycles. The maximum absolute atomic E-state index is 11.1. The summed E-state index contributed by atoms with van der Waals surface area (Å²) in [6.45, 7) is 6.89. The third kappa shape index (κ3) is 7.04. The highest BCUT2D eigenvalue weighted by Crippen LogP contribution is 2.01. The van der Waals surface area contributed by atoms with Gasteiger partial charge in [0.2, 0.25) is 6.29 Å². The van der Waals surface area contributed by atoms with Crippen LogP contribution in [0.5, 0.6) is 0 Å². The minimum absolute atomic E-state index is 0.0443. The minimum atomic E-state index is -0.645. The second kappa shape index (κ2) is 9.16. The molecule has 0 spiro atoms. The standard InChI is InChI=1S/C11H22O3/c1-4-6-8-13-11(10(3)12)14-9-7-5-2/h11H,4-9H2,1-3H3. The van der Waals surface area contributed by atoms with E-state index in [4.69, 9.17) is 9.47 Å². The molecule has 0 rings (SSSR count). The van der Waals surface area contributed by atoms with Crippen LogP contribution in [0.25, 0.3) is 0 Å². The highest BCUT2D eigenvalue weighted by molar-refractivity contribution is 5.79. The van der Waals surface area contributed by atoms with Crippen molar-refractivity contribution in [1.29, 1.82) is 0 Å². The first-order valence-corrected chi connectivity index (χ1v) is 5.46. The zero-order valence-electron chi connectivity index (χ0n) is 9.54. The van der Waals surface area contributed by atoms with Crippen LogP contribution in [-0.2, 0) is 14.3 Å².